The number of carbonyl (C=O) groups is 1. The Morgan fingerprint density at radius 3 is 2.69 bits per heavy atom. The van der Waals surface area contributed by atoms with Gasteiger partial charge in [0.2, 0.25) is 5.91 Å². The Labute approximate surface area is 97.9 Å². The lowest BCUT2D eigenvalue weighted by Crippen LogP contribution is -2.50. The van der Waals surface area contributed by atoms with E-state index in [-0.39, 0.29) is 17.4 Å². The number of hydrogen-bond acceptors (Lipinski definition) is 3. The fourth-order valence-corrected chi connectivity index (χ4v) is 2.00. The normalized spacial score (nSPS) is 19.9. The van der Waals surface area contributed by atoms with Gasteiger partial charge in [0, 0.05) is 19.6 Å². The number of nitrogens with one attached hydrogen (secondary N) is 1. The highest BCUT2D eigenvalue weighted by molar-refractivity contribution is 5.78. The van der Waals surface area contributed by atoms with E-state index in [9.17, 15) is 4.79 Å². The number of amides is 1. The molecule has 0 aromatic heterocycles. The number of methoxy groups -OCH3 is 1. The Balaban J connectivity index is 2.23. The van der Waals surface area contributed by atoms with Gasteiger partial charge in [-0.25, -0.2) is 0 Å². The van der Waals surface area contributed by atoms with Gasteiger partial charge in [-0.3, -0.25) is 4.79 Å². The summed E-state index contributed by atoms with van der Waals surface area (Å²) in [6.07, 6.45) is 5.08. The minimum Gasteiger partial charge on any atom is -0.376 e. The molecule has 1 amide bonds. The molecule has 1 saturated carbocycles. The molecule has 0 radical (unpaired) electrons. The molecule has 16 heavy (non-hydrogen) atoms. The van der Waals surface area contributed by atoms with Crippen LogP contribution in [0.25, 0.3) is 0 Å². The van der Waals surface area contributed by atoms with Crippen LogP contribution < -0.4 is 11.1 Å². The van der Waals surface area contributed by atoms with Crippen LogP contribution in [0.15, 0.2) is 0 Å². The molecule has 1 atom stereocenters. The molecule has 0 aromatic rings. The van der Waals surface area contributed by atoms with Crippen molar-refractivity contribution in [3.63, 3.8) is 0 Å². The Kier molecular flexibility index (Phi) is 5.22. The van der Waals surface area contributed by atoms with Crippen molar-refractivity contribution in [2.45, 2.75) is 44.6 Å². The molecule has 0 saturated heterocycles. The van der Waals surface area contributed by atoms with E-state index >= 15 is 0 Å². The zero-order chi connectivity index (χ0) is 12.0. The van der Waals surface area contributed by atoms with Crippen molar-refractivity contribution < 1.29 is 9.53 Å². The van der Waals surface area contributed by atoms with Crippen LogP contribution in [0.2, 0.25) is 0 Å². The van der Waals surface area contributed by atoms with Gasteiger partial charge in [-0.15, -0.1) is 0 Å². The third-order valence-corrected chi connectivity index (χ3v) is 3.57. The number of carbonyl (C=O) groups excluding carboxylic acids is 1. The van der Waals surface area contributed by atoms with E-state index in [1.54, 1.807) is 7.11 Å². The molecule has 94 valence electrons. The van der Waals surface area contributed by atoms with E-state index in [4.69, 9.17) is 10.5 Å². The first kappa shape index (κ1) is 13.5. The van der Waals surface area contributed by atoms with Gasteiger partial charge in [0.25, 0.3) is 0 Å². The second kappa shape index (κ2) is 6.21. The summed E-state index contributed by atoms with van der Waals surface area (Å²) in [6.45, 7) is 3.25. The van der Waals surface area contributed by atoms with Crippen molar-refractivity contribution in [2.75, 3.05) is 20.2 Å². The van der Waals surface area contributed by atoms with Crippen molar-refractivity contribution in [1.29, 1.82) is 0 Å². The van der Waals surface area contributed by atoms with Gasteiger partial charge in [-0.05, 0) is 38.6 Å². The zero-order valence-electron chi connectivity index (χ0n) is 10.4. The van der Waals surface area contributed by atoms with Gasteiger partial charge < -0.3 is 15.8 Å². The van der Waals surface area contributed by atoms with E-state index in [1.807, 2.05) is 6.92 Å². The third-order valence-electron chi connectivity index (χ3n) is 3.57. The summed E-state index contributed by atoms with van der Waals surface area (Å²) in [6, 6.07) is 0. The van der Waals surface area contributed by atoms with Crippen LogP contribution in [0.3, 0.4) is 0 Å². The van der Waals surface area contributed by atoms with Crippen molar-refractivity contribution in [2.24, 2.45) is 11.7 Å². The first-order valence-corrected chi connectivity index (χ1v) is 6.16. The van der Waals surface area contributed by atoms with Crippen molar-refractivity contribution >= 4 is 5.91 Å². The van der Waals surface area contributed by atoms with E-state index in [0.717, 1.165) is 25.7 Å². The molecular weight excluding hydrogens is 204 g/mol. The molecule has 1 rings (SSSR count). The van der Waals surface area contributed by atoms with Crippen LogP contribution in [0.1, 0.15) is 39.0 Å². The van der Waals surface area contributed by atoms with Gasteiger partial charge in [0.05, 0.1) is 5.60 Å². The van der Waals surface area contributed by atoms with Gasteiger partial charge >= 0.3 is 0 Å². The average molecular weight is 228 g/mol. The summed E-state index contributed by atoms with van der Waals surface area (Å²) in [4.78, 5) is 11.7. The highest BCUT2D eigenvalue weighted by Gasteiger charge is 2.37. The summed E-state index contributed by atoms with van der Waals surface area (Å²) in [5.41, 5.74) is 5.34. The maximum atomic E-state index is 11.7. The van der Waals surface area contributed by atoms with E-state index in [0.29, 0.717) is 13.1 Å². The smallest absolute Gasteiger partial charge is 0.222 e. The minimum absolute atomic E-state index is 0.0533. The molecule has 0 aromatic carbocycles. The van der Waals surface area contributed by atoms with Gasteiger partial charge in [0.1, 0.15) is 0 Å². The van der Waals surface area contributed by atoms with Crippen LogP contribution in [0.4, 0.5) is 0 Å². The lowest BCUT2D eigenvalue weighted by atomic mass is 9.80. The maximum absolute atomic E-state index is 11.7. The summed E-state index contributed by atoms with van der Waals surface area (Å²) in [5.74, 6) is 0.175. The third kappa shape index (κ3) is 3.46. The second-order valence-corrected chi connectivity index (χ2v) is 4.79. The summed E-state index contributed by atoms with van der Waals surface area (Å²) in [7, 11) is 1.73. The molecule has 0 bridgehead atoms. The number of rotatable bonds is 7. The Hall–Kier alpha value is -0.610. The lowest BCUT2D eigenvalue weighted by molar-refractivity contribution is -0.128. The van der Waals surface area contributed by atoms with Crippen molar-refractivity contribution in [1.82, 2.24) is 5.32 Å². The molecule has 1 fully saturated rings. The molecule has 4 nitrogen and oxygen atoms in total. The van der Waals surface area contributed by atoms with Crippen LogP contribution in [0.5, 0.6) is 0 Å². The van der Waals surface area contributed by atoms with Crippen molar-refractivity contribution in [3.05, 3.63) is 0 Å². The second-order valence-electron chi connectivity index (χ2n) is 4.79. The summed E-state index contributed by atoms with van der Waals surface area (Å²) >= 11 is 0. The van der Waals surface area contributed by atoms with Crippen LogP contribution in [-0.4, -0.2) is 31.7 Å². The Morgan fingerprint density at radius 2 is 2.25 bits per heavy atom. The van der Waals surface area contributed by atoms with Crippen LogP contribution in [0, 0.1) is 5.92 Å². The topological polar surface area (TPSA) is 64.3 Å². The molecule has 1 aliphatic carbocycles. The SMILES string of the molecule is COC1(CNC(=O)C(C)CCCN)CCC1. The monoisotopic (exact) mass is 228 g/mol. The number of hydrogen-bond donors (Lipinski definition) is 2. The molecule has 4 heteroatoms. The van der Waals surface area contributed by atoms with E-state index in [2.05, 4.69) is 5.32 Å². The standard InChI is InChI=1S/C12H24N2O2/c1-10(5-3-8-13)11(15)14-9-12(16-2)6-4-7-12/h10H,3-9,13H2,1-2H3,(H,14,15). The molecule has 3 N–H and O–H groups in total. The summed E-state index contributed by atoms with van der Waals surface area (Å²) in [5, 5.41) is 2.98. The molecule has 1 unspecified atom stereocenters. The quantitative estimate of drug-likeness (QED) is 0.684. The first-order chi connectivity index (χ1) is 7.63. The molecular formula is C12H24N2O2. The predicted molar refractivity (Wildman–Crippen MR) is 64.1 cm³/mol. The van der Waals surface area contributed by atoms with Crippen LogP contribution in [-0.2, 0) is 9.53 Å². The molecule has 0 aliphatic heterocycles. The Morgan fingerprint density at radius 1 is 1.56 bits per heavy atom. The largest absolute Gasteiger partial charge is 0.376 e. The molecule has 0 heterocycles. The van der Waals surface area contributed by atoms with Gasteiger partial charge in [-0.2, -0.15) is 0 Å². The number of nitrogens with two attached hydrogens (primary N) is 1. The first-order valence-electron chi connectivity index (χ1n) is 6.16. The zero-order valence-corrected chi connectivity index (χ0v) is 10.4. The average Bonchev–Trinajstić information content (AvgIpc) is 2.24. The lowest BCUT2D eigenvalue weighted by Gasteiger charge is -2.40. The van der Waals surface area contributed by atoms with Crippen molar-refractivity contribution in [3.8, 4) is 0 Å². The van der Waals surface area contributed by atoms with Gasteiger partial charge in [-0.1, -0.05) is 6.92 Å². The Bertz CT molecular complexity index is 222. The van der Waals surface area contributed by atoms with Gasteiger partial charge in [0.15, 0.2) is 0 Å². The van der Waals surface area contributed by atoms with E-state index in [1.165, 1.54) is 6.42 Å². The molecule has 0 spiro atoms. The minimum atomic E-state index is -0.0801. The van der Waals surface area contributed by atoms with Crippen LogP contribution >= 0.6 is 0 Å². The number of ether oxygens (including phenoxy) is 1. The predicted octanol–water partition coefficient (Wildman–Crippen LogP) is 1.05. The maximum Gasteiger partial charge on any atom is 0.222 e. The highest BCUT2D eigenvalue weighted by Crippen LogP contribution is 2.34. The fourth-order valence-electron chi connectivity index (χ4n) is 2.00. The fraction of sp³-hybridized carbons (Fsp3) is 0.917. The highest BCUT2D eigenvalue weighted by atomic mass is 16.5. The summed E-state index contributed by atoms with van der Waals surface area (Å²) < 4.78 is 5.45. The van der Waals surface area contributed by atoms with E-state index < -0.39 is 0 Å². The molecule has 1 aliphatic rings.